The molecule has 0 spiro atoms. The van der Waals surface area contributed by atoms with Gasteiger partial charge in [-0.25, -0.2) is 0 Å². The van der Waals surface area contributed by atoms with Crippen LogP contribution in [-0.2, 0) is 16.6 Å². The lowest BCUT2D eigenvalue weighted by Gasteiger charge is -2.05. The first-order chi connectivity index (χ1) is 12.3. The largest absolute Gasteiger partial charge is 0.304 e. The van der Waals surface area contributed by atoms with Crippen LogP contribution in [0.3, 0.4) is 0 Å². The van der Waals surface area contributed by atoms with Crippen molar-refractivity contribution in [2.24, 2.45) is 4.40 Å². The van der Waals surface area contributed by atoms with E-state index in [9.17, 15) is 8.42 Å². The van der Waals surface area contributed by atoms with Gasteiger partial charge in [-0.2, -0.15) is 8.42 Å². The second kappa shape index (κ2) is 7.10. The van der Waals surface area contributed by atoms with Crippen LogP contribution >= 0.6 is 11.3 Å². The highest BCUT2D eigenvalue weighted by molar-refractivity contribution is 7.90. The van der Waals surface area contributed by atoms with Crippen LogP contribution in [0.5, 0.6) is 0 Å². The van der Waals surface area contributed by atoms with E-state index in [1.165, 1.54) is 16.9 Å². The maximum Gasteiger partial charge on any atom is 0.285 e. The average Bonchev–Trinajstić information content (AvgIpc) is 2.91. The van der Waals surface area contributed by atoms with Crippen molar-refractivity contribution in [3.05, 3.63) is 58.4 Å². The number of rotatable bonds is 4. The van der Waals surface area contributed by atoms with E-state index >= 15 is 0 Å². The number of terminal acetylenes is 1. The van der Waals surface area contributed by atoms with Crippen LogP contribution in [0.2, 0.25) is 0 Å². The second-order valence-electron chi connectivity index (χ2n) is 6.44. The van der Waals surface area contributed by atoms with Gasteiger partial charge in [0.1, 0.15) is 0 Å². The summed E-state index contributed by atoms with van der Waals surface area (Å²) in [6.45, 7) is 6.42. The Morgan fingerprint density at radius 3 is 2.50 bits per heavy atom. The highest BCUT2D eigenvalue weighted by atomic mass is 32.2. The van der Waals surface area contributed by atoms with Crippen LogP contribution in [-0.4, -0.2) is 13.0 Å². The summed E-state index contributed by atoms with van der Waals surface area (Å²) in [7, 11) is -3.80. The van der Waals surface area contributed by atoms with Crippen LogP contribution in [0, 0.1) is 19.3 Å². The molecule has 0 radical (unpaired) electrons. The van der Waals surface area contributed by atoms with Gasteiger partial charge in [0.05, 0.1) is 21.7 Å². The van der Waals surface area contributed by atoms with E-state index in [-0.39, 0.29) is 11.4 Å². The molecule has 1 heterocycles. The molecule has 0 unspecified atom stereocenters. The number of aryl methyl sites for hydroxylation is 1. The number of fused-ring (bicyclic) bond motifs is 1. The minimum absolute atomic E-state index is 0.177. The molecule has 0 saturated heterocycles. The molecule has 2 aromatic carbocycles. The monoisotopic (exact) mass is 384 g/mol. The normalized spacial score (nSPS) is 12.7. The Hall–Kier alpha value is -2.36. The predicted octanol–water partition coefficient (Wildman–Crippen LogP) is 4.06. The summed E-state index contributed by atoms with van der Waals surface area (Å²) < 4.78 is 32.2. The lowest BCUT2D eigenvalue weighted by molar-refractivity contribution is 0.596. The maximum absolute atomic E-state index is 12.7. The van der Waals surface area contributed by atoms with E-state index in [1.54, 1.807) is 28.8 Å². The third-order valence-electron chi connectivity index (χ3n) is 4.14. The standard InChI is InChI=1S/C20H20N2O2S2/c1-5-12-22-18-11-8-16(14(2)3)13-19(18)25-20(22)21-26(23,24)17-9-6-15(4)7-10-17/h1,6-11,13-14H,12H2,2-4H3/b21-20-. The van der Waals surface area contributed by atoms with E-state index in [4.69, 9.17) is 6.42 Å². The van der Waals surface area contributed by atoms with E-state index < -0.39 is 10.0 Å². The zero-order chi connectivity index (χ0) is 18.9. The molecule has 0 N–H and O–H groups in total. The van der Waals surface area contributed by atoms with Crippen molar-refractivity contribution in [3.8, 4) is 12.3 Å². The van der Waals surface area contributed by atoms with Gasteiger partial charge in [-0.1, -0.05) is 54.9 Å². The van der Waals surface area contributed by atoms with Gasteiger partial charge in [0, 0.05) is 0 Å². The Labute approximate surface area is 157 Å². The quantitative estimate of drug-likeness (QED) is 0.637. The van der Waals surface area contributed by atoms with Gasteiger partial charge in [0.25, 0.3) is 10.0 Å². The van der Waals surface area contributed by atoms with E-state index in [1.807, 2.05) is 19.1 Å². The van der Waals surface area contributed by atoms with E-state index in [2.05, 4.69) is 30.2 Å². The molecule has 0 aliphatic heterocycles. The molecule has 0 saturated carbocycles. The Balaban J connectivity index is 2.22. The number of aromatic nitrogens is 1. The van der Waals surface area contributed by atoms with Crippen molar-refractivity contribution >= 4 is 31.6 Å². The molecule has 6 heteroatoms. The van der Waals surface area contributed by atoms with Crippen molar-refractivity contribution in [1.29, 1.82) is 0 Å². The average molecular weight is 385 g/mol. The summed E-state index contributed by atoms with van der Waals surface area (Å²) >= 11 is 1.34. The van der Waals surface area contributed by atoms with Crippen molar-refractivity contribution < 1.29 is 8.42 Å². The molecule has 0 aliphatic rings. The first-order valence-corrected chi connectivity index (χ1v) is 10.5. The minimum Gasteiger partial charge on any atom is -0.304 e. The van der Waals surface area contributed by atoms with Gasteiger partial charge in [0.2, 0.25) is 4.80 Å². The van der Waals surface area contributed by atoms with Gasteiger partial charge in [-0.15, -0.1) is 10.8 Å². The van der Waals surface area contributed by atoms with Crippen LogP contribution in [0.25, 0.3) is 10.2 Å². The molecular formula is C20H20N2O2S2. The fraction of sp³-hybridized carbons (Fsp3) is 0.250. The Bertz CT molecular complexity index is 1160. The summed E-state index contributed by atoms with van der Waals surface area (Å²) in [5.41, 5.74) is 3.09. The molecular weight excluding hydrogens is 364 g/mol. The molecule has 0 bridgehead atoms. The number of sulfonamides is 1. The maximum atomic E-state index is 12.7. The number of nitrogens with zero attached hydrogens (tertiary/aromatic N) is 2. The third kappa shape index (κ3) is 3.59. The lowest BCUT2D eigenvalue weighted by atomic mass is 10.0. The molecule has 3 aromatic rings. The van der Waals surface area contributed by atoms with E-state index in [0.29, 0.717) is 10.7 Å². The van der Waals surface area contributed by atoms with Gasteiger partial charge < -0.3 is 4.57 Å². The molecule has 4 nitrogen and oxygen atoms in total. The number of thiazole rings is 1. The summed E-state index contributed by atoms with van der Waals surface area (Å²) in [6, 6.07) is 12.8. The van der Waals surface area contributed by atoms with Crippen LogP contribution in [0.4, 0.5) is 0 Å². The molecule has 0 atom stereocenters. The zero-order valence-electron chi connectivity index (χ0n) is 14.9. The van der Waals surface area contributed by atoms with Gasteiger partial charge >= 0.3 is 0 Å². The molecule has 26 heavy (non-hydrogen) atoms. The molecule has 0 fully saturated rings. The Morgan fingerprint density at radius 2 is 1.88 bits per heavy atom. The lowest BCUT2D eigenvalue weighted by Crippen LogP contribution is -2.16. The fourth-order valence-corrected chi connectivity index (χ4v) is 4.91. The van der Waals surface area contributed by atoms with Crippen molar-refractivity contribution in [2.75, 3.05) is 0 Å². The van der Waals surface area contributed by atoms with Gasteiger partial charge in [-0.05, 0) is 42.7 Å². The van der Waals surface area contributed by atoms with Gasteiger partial charge in [-0.3, -0.25) is 0 Å². The summed E-state index contributed by atoms with van der Waals surface area (Å²) in [4.78, 5) is 0.565. The Morgan fingerprint density at radius 1 is 1.19 bits per heavy atom. The molecule has 0 aliphatic carbocycles. The SMILES string of the molecule is C#CCn1/c(=N/S(=O)(=O)c2ccc(C)cc2)sc2cc(C(C)C)ccc21. The van der Waals surface area contributed by atoms with Crippen molar-refractivity contribution in [2.45, 2.75) is 38.1 Å². The topological polar surface area (TPSA) is 51.4 Å². The number of benzene rings is 2. The fourth-order valence-electron chi connectivity index (χ4n) is 2.63. The third-order valence-corrected chi connectivity index (χ3v) is 6.58. The van der Waals surface area contributed by atoms with Crippen LogP contribution < -0.4 is 4.80 Å². The number of hydrogen-bond acceptors (Lipinski definition) is 3. The highest BCUT2D eigenvalue weighted by Gasteiger charge is 2.15. The Kier molecular flexibility index (Phi) is 5.03. The minimum atomic E-state index is -3.80. The second-order valence-corrected chi connectivity index (χ2v) is 9.05. The summed E-state index contributed by atoms with van der Waals surface area (Å²) in [5, 5.41) is 0. The zero-order valence-corrected chi connectivity index (χ0v) is 16.6. The summed E-state index contributed by atoms with van der Waals surface area (Å²) in [6.07, 6.45) is 5.49. The predicted molar refractivity (Wildman–Crippen MR) is 107 cm³/mol. The molecule has 3 rings (SSSR count). The highest BCUT2D eigenvalue weighted by Crippen LogP contribution is 2.24. The smallest absolute Gasteiger partial charge is 0.285 e. The van der Waals surface area contributed by atoms with Crippen LogP contribution in [0.1, 0.15) is 30.9 Å². The van der Waals surface area contributed by atoms with Crippen LogP contribution in [0.15, 0.2) is 51.8 Å². The number of hydrogen-bond donors (Lipinski definition) is 0. The summed E-state index contributed by atoms with van der Waals surface area (Å²) in [5.74, 6) is 2.98. The molecule has 134 valence electrons. The van der Waals surface area contributed by atoms with Crippen molar-refractivity contribution in [1.82, 2.24) is 4.57 Å². The first kappa shape index (κ1) is 18.4. The first-order valence-electron chi connectivity index (χ1n) is 8.26. The van der Waals surface area contributed by atoms with Gasteiger partial charge in [0.15, 0.2) is 0 Å². The van der Waals surface area contributed by atoms with E-state index in [0.717, 1.165) is 15.8 Å². The molecule has 1 aromatic heterocycles. The van der Waals surface area contributed by atoms with Crippen molar-refractivity contribution in [3.63, 3.8) is 0 Å². The molecule has 0 amide bonds.